The third kappa shape index (κ3) is 5.88. The summed E-state index contributed by atoms with van der Waals surface area (Å²) in [5.41, 5.74) is 0.740. The molecule has 1 aromatic rings. The van der Waals surface area contributed by atoms with Crippen LogP contribution in [0.2, 0.25) is 0 Å². The van der Waals surface area contributed by atoms with E-state index in [4.69, 9.17) is 0 Å². The normalized spacial score (nSPS) is 12.2. The Bertz CT molecular complexity index is 555. The summed E-state index contributed by atoms with van der Waals surface area (Å²) < 4.78 is 29.6. The van der Waals surface area contributed by atoms with E-state index in [2.05, 4.69) is 18.9 Å². The molecule has 0 aliphatic rings. The number of aryl methyl sites for hydroxylation is 1. The Labute approximate surface area is 148 Å². The van der Waals surface area contributed by atoms with E-state index < -0.39 is 10.0 Å². The molecule has 140 valence electrons. The predicted octanol–water partition coefficient (Wildman–Crippen LogP) is 4.36. The van der Waals surface area contributed by atoms with Crippen LogP contribution in [0.15, 0.2) is 11.1 Å². The van der Waals surface area contributed by atoms with Gasteiger partial charge in [-0.05, 0) is 26.7 Å². The highest BCUT2D eigenvalue weighted by molar-refractivity contribution is 7.89. The Hall–Kier alpha value is -0.880. The monoisotopic (exact) mass is 357 g/mol. The summed E-state index contributed by atoms with van der Waals surface area (Å²) in [7, 11) is -3.45. The molecule has 0 N–H and O–H groups in total. The topological polar surface area (TPSA) is 55.2 Å². The van der Waals surface area contributed by atoms with Gasteiger partial charge in [0, 0.05) is 19.6 Å². The summed E-state index contributed by atoms with van der Waals surface area (Å²) in [6.07, 6.45) is 10.2. The minimum Gasteiger partial charge on any atom is -0.269 e. The van der Waals surface area contributed by atoms with Crippen LogP contribution < -0.4 is 0 Å². The Balaban J connectivity index is 2.86. The summed E-state index contributed by atoms with van der Waals surface area (Å²) >= 11 is 0. The van der Waals surface area contributed by atoms with Crippen molar-refractivity contribution >= 4 is 10.0 Å². The van der Waals surface area contributed by atoms with Gasteiger partial charge in [-0.25, -0.2) is 8.42 Å². The maximum absolute atomic E-state index is 13.1. The molecule has 0 radical (unpaired) electrons. The van der Waals surface area contributed by atoms with Crippen LogP contribution in [0.3, 0.4) is 0 Å². The second kappa shape index (κ2) is 10.9. The van der Waals surface area contributed by atoms with Gasteiger partial charge in [0.2, 0.25) is 10.0 Å². The lowest BCUT2D eigenvalue weighted by atomic mass is 10.2. The molecule has 0 aromatic carbocycles. The van der Waals surface area contributed by atoms with Gasteiger partial charge in [-0.2, -0.15) is 9.40 Å². The first-order chi connectivity index (χ1) is 11.5. The summed E-state index contributed by atoms with van der Waals surface area (Å²) in [5, 5.41) is 4.21. The Morgan fingerprint density at radius 1 is 0.958 bits per heavy atom. The fraction of sp³-hybridized carbons (Fsp3) is 0.833. The smallest absolute Gasteiger partial charge is 0.246 e. The molecule has 0 aliphatic carbocycles. The lowest BCUT2D eigenvalue weighted by molar-refractivity contribution is 0.385. The second-order valence-corrected chi connectivity index (χ2v) is 8.34. The van der Waals surface area contributed by atoms with Gasteiger partial charge in [0.1, 0.15) is 4.90 Å². The molecular weight excluding hydrogens is 322 g/mol. The van der Waals surface area contributed by atoms with Crippen molar-refractivity contribution in [2.24, 2.45) is 0 Å². The van der Waals surface area contributed by atoms with Crippen molar-refractivity contribution in [3.05, 3.63) is 11.9 Å². The Morgan fingerprint density at radius 2 is 1.50 bits per heavy atom. The third-order valence-electron chi connectivity index (χ3n) is 4.50. The lowest BCUT2D eigenvalue weighted by Crippen LogP contribution is -2.33. The van der Waals surface area contributed by atoms with Crippen LogP contribution in [0.25, 0.3) is 0 Å². The van der Waals surface area contributed by atoms with E-state index in [0.29, 0.717) is 24.5 Å². The van der Waals surface area contributed by atoms with Crippen LogP contribution >= 0.6 is 0 Å². The van der Waals surface area contributed by atoms with Gasteiger partial charge >= 0.3 is 0 Å². The molecule has 0 atom stereocenters. The van der Waals surface area contributed by atoms with Crippen molar-refractivity contribution in [1.29, 1.82) is 0 Å². The number of aromatic nitrogens is 2. The summed E-state index contributed by atoms with van der Waals surface area (Å²) in [6, 6.07) is 0. The van der Waals surface area contributed by atoms with E-state index in [-0.39, 0.29) is 0 Å². The van der Waals surface area contributed by atoms with Gasteiger partial charge < -0.3 is 0 Å². The van der Waals surface area contributed by atoms with Crippen molar-refractivity contribution in [3.8, 4) is 0 Å². The van der Waals surface area contributed by atoms with E-state index >= 15 is 0 Å². The number of sulfonamides is 1. The summed E-state index contributed by atoms with van der Waals surface area (Å²) in [6.45, 7) is 10.1. The quantitative estimate of drug-likeness (QED) is 0.493. The fourth-order valence-electron chi connectivity index (χ4n) is 2.92. The molecule has 5 nitrogen and oxygen atoms in total. The van der Waals surface area contributed by atoms with E-state index in [0.717, 1.165) is 57.1 Å². The molecule has 0 fully saturated rings. The van der Waals surface area contributed by atoms with Gasteiger partial charge in [0.05, 0.1) is 11.9 Å². The van der Waals surface area contributed by atoms with E-state index in [1.54, 1.807) is 8.99 Å². The highest BCUT2D eigenvalue weighted by Crippen LogP contribution is 2.21. The zero-order valence-corrected chi connectivity index (χ0v) is 16.7. The van der Waals surface area contributed by atoms with Crippen LogP contribution in [0.1, 0.15) is 77.8 Å². The Kier molecular flexibility index (Phi) is 9.59. The minimum absolute atomic E-state index is 0.371. The molecule has 0 amide bonds. The average molecular weight is 358 g/mol. The van der Waals surface area contributed by atoms with Gasteiger partial charge in [-0.1, -0.05) is 52.4 Å². The molecule has 6 heteroatoms. The molecule has 0 unspecified atom stereocenters. The number of nitrogens with zero attached hydrogens (tertiary/aromatic N) is 3. The molecule has 1 rings (SSSR count). The molecule has 0 saturated heterocycles. The summed E-state index contributed by atoms with van der Waals surface area (Å²) in [4.78, 5) is 0.371. The SMILES string of the molecule is CCCCCCN(CCCCCC)S(=O)(=O)c1cnn(CC)c1C. The fourth-order valence-corrected chi connectivity index (χ4v) is 4.60. The molecule has 0 bridgehead atoms. The standard InChI is InChI=1S/C18H35N3O2S/c1-5-8-10-12-14-20(15-13-11-9-6-2)24(22,23)18-16-19-21(7-3)17(18)4/h16H,5-15H2,1-4H3. The van der Waals surface area contributed by atoms with Crippen LogP contribution in [0.4, 0.5) is 0 Å². The first kappa shape index (κ1) is 21.2. The average Bonchev–Trinajstić information content (AvgIpc) is 2.94. The highest BCUT2D eigenvalue weighted by atomic mass is 32.2. The van der Waals surface area contributed by atoms with E-state index in [9.17, 15) is 8.42 Å². The van der Waals surface area contributed by atoms with Gasteiger partial charge in [-0.15, -0.1) is 0 Å². The largest absolute Gasteiger partial charge is 0.269 e. The molecule has 24 heavy (non-hydrogen) atoms. The van der Waals surface area contributed by atoms with Crippen molar-refractivity contribution < 1.29 is 8.42 Å². The van der Waals surface area contributed by atoms with Gasteiger partial charge in [-0.3, -0.25) is 4.68 Å². The number of unbranched alkanes of at least 4 members (excludes halogenated alkanes) is 6. The molecule has 0 saturated carbocycles. The third-order valence-corrected chi connectivity index (χ3v) is 6.50. The van der Waals surface area contributed by atoms with Crippen molar-refractivity contribution in [2.45, 2.75) is 90.5 Å². The van der Waals surface area contributed by atoms with Crippen molar-refractivity contribution in [1.82, 2.24) is 14.1 Å². The van der Waals surface area contributed by atoms with Gasteiger partial charge in [0.15, 0.2) is 0 Å². The molecule has 0 spiro atoms. The predicted molar refractivity (Wildman–Crippen MR) is 99.7 cm³/mol. The number of hydrogen-bond acceptors (Lipinski definition) is 3. The van der Waals surface area contributed by atoms with Crippen molar-refractivity contribution in [3.63, 3.8) is 0 Å². The minimum atomic E-state index is -3.45. The zero-order valence-electron chi connectivity index (χ0n) is 15.9. The molecule has 1 aromatic heterocycles. The van der Waals surface area contributed by atoms with Crippen LogP contribution in [-0.4, -0.2) is 35.6 Å². The maximum Gasteiger partial charge on any atom is 0.246 e. The number of hydrogen-bond donors (Lipinski definition) is 0. The van der Waals surface area contributed by atoms with Crippen molar-refractivity contribution in [2.75, 3.05) is 13.1 Å². The van der Waals surface area contributed by atoms with Crippen LogP contribution in [-0.2, 0) is 16.6 Å². The first-order valence-corrected chi connectivity index (χ1v) is 11.0. The maximum atomic E-state index is 13.1. The second-order valence-electron chi connectivity index (χ2n) is 6.44. The van der Waals surface area contributed by atoms with Gasteiger partial charge in [0.25, 0.3) is 0 Å². The summed E-state index contributed by atoms with van der Waals surface area (Å²) in [5.74, 6) is 0. The Morgan fingerprint density at radius 3 is 1.92 bits per heavy atom. The lowest BCUT2D eigenvalue weighted by Gasteiger charge is -2.22. The van der Waals surface area contributed by atoms with E-state index in [1.807, 2.05) is 13.8 Å². The molecular formula is C18H35N3O2S. The van der Waals surface area contributed by atoms with Crippen LogP contribution in [0, 0.1) is 6.92 Å². The molecule has 0 aliphatic heterocycles. The molecule has 1 heterocycles. The first-order valence-electron chi connectivity index (χ1n) is 9.51. The van der Waals surface area contributed by atoms with Crippen LogP contribution in [0.5, 0.6) is 0 Å². The van der Waals surface area contributed by atoms with E-state index in [1.165, 1.54) is 6.20 Å². The number of rotatable bonds is 13. The highest BCUT2D eigenvalue weighted by Gasteiger charge is 2.27. The zero-order chi connectivity index (χ0) is 18.0.